The van der Waals surface area contributed by atoms with Gasteiger partial charge in [-0.2, -0.15) is 0 Å². The van der Waals surface area contributed by atoms with Gasteiger partial charge in [0.05, 0.1) is 7.11 Å². The third-order valence-electron chi connectivity index (χ3n) is 5.28. The molecule has 2 saturated carbocycles. The van der Waals surface area contributed by atoms with Crippen LogP contribution in [0.5, 0.6) is 0 Å². The van der Waals surface area contributed by atoms with Gasteiger partial charge in [-0.3, -0.25) is 4.79 Å². The minimum absolute atomic E-state index is 0. The van der Waals surface area contributed by atoms with E-state index in [4.69, 9.17) is 4.74 Å². The van der Waals surface area contributed by atoms with Gasteiger partial charge in [-0.1, -0.05) is 12.2 Å². The molecule has 0 radical (unpaired) electrons. The Kier molecular flexibility index (Phi) is 2.53. The second-order valence-electron chi connectivity index (χ2n) is 5.75. The molecule has 4 heteroatoms. The molecule has 3 fully saturated rings. The minimum Gasteiger partial charge on any atom is -0.468 e. The largest absolute Gasteiger partial charge is 0.468 e. The van der Waals surface area contributed by atoms with Gasteiger partial charge in [0.15, 0.2) is 0 Å². The van der Waals surface area contributed by atoms with Crippen LogP contribution in [0.3, 0.4) is 0 Å². The summed E-state index contributed by atoms with van der Waals surface area (Å²) in [5.74, 6) is 4.32. The zero-order chi connectivity index (χ0) is 10.9. The highest BCUT2D eigenvalue weighted by molar-refractivity contribution is 5.85. The summed E-state index contributed by atoms with van der Waals surface area (Å²) < 4.78 is 4.91. The lowest BCUT2D eigenvalue weighted by Crippen LogP contribution is -2.45. The summed E-state index contributed by atoms with van der Waals surface area (Å²) in [6, 6.07) is -0.0472. The van der Waals surface area contributed by atoms with Crippen molar-refractivity contribution in [1.82, 2.24) is 5.32 Å². The molecule has 0 spiro atoms. The first-order valence-corrected chi connectivity index (χ1v) is 6.31. The molecule has 1 unspecified atom stereocenters. The first-order valence-electron chi connectivity index (χ1n) is 6.31. The van der Waals surface area contributed by atoms with E-state index in [0.717, 1.165) is 24.3 Å². The maximum Gasteiger partial charge on any atom is 0.323 e. The van der Waals surface area contributed by atoms with Gasteiger partial charge < -0.3 is 10.1 Å². The Bertz CT molecular complexity index is 384. The van der Waals surface area contributed by atoms with E-state index < -0.39 is 0 Å². The molecule has 1 N–H and O–H groups in total. The molecular formula is C13H18ClNO2. The number of methoxy groups -OCH3 is 1. The smallest absolute Gasteiger partial charge is 0.323 e. The number of esters is 1. The summed E-state index contributed by atoms with van der Waals surface area (Å²) in [7, 11) is 1.49. The molecule has 1 saturated heterocycles. The van der Waals surface area contributed by atoms with Crippen LogP contribution in [0, 0.1) is 35.5 Å². The number of hydrogen-bond acceptors (Lipinski definition) is 3. The molecule has 4 aliphatic carbocycles. The van der Waals surface area contributed by atoms with Crippen molar-refractivity contribution < 1.29 is 9.53 Å². The zero-order valence-electron chi connectivity index (χ0n) is 9.84. The van der Waals surface area contributed by atoms with Crippen molar-refractivity contribution in [3.05, 3.63) is 12.2 Å². The van der Waals surface area contributed by atoms with Crippen molar-refractivity contribution in [2.75, 3.05) is 13.7 Å². The molecule has 1 aliphatic heterocycles. The third-order valence-corrected chi connectivity index (χ3v) is 5.28. The van der Waals surface area contributed by atoms with Crippen molar-refractivity contribution in [1.29, 1.82) is 0 Å². The Morgan fingerprint density at radius 1 is 1.24 bits per heavy atom. The molecule has 0 amide bonds. The zero-order valence-corrected chi connectivity index (χ0v) is 10.7. The highest BCUT2D eigenvalue weighted by Gasteiger charge is 2.63. The standard InChI is InChI=1S/C13H17NO2.ClH/c1-16-13(15)12-11-7-3-2-6(8-4-9(7)8)10(11)5-14-12;/h2-3,6-12,14H,4-5H2,1H3;1H/t6-,7+,8+,9-,10-,11+,12?;/m1./s1. The highest BCUT2D eigenvalue weighted by atomic mass is 35.5. The second kappa shape index (κ2) is 3.72. The van der Waals surface area contributed by atoms with E-state index in [2.05, 4.69) is 17.5 Å². The van der Waals surface area contributed by atoms with Crippen LogP contribution in [0.2, 0.25) is 0 Å². The lowest BCUT2D eigenvalue weighted by atomic mass is 9.62. The lowest BCUT2D eigenvalue weighted by molar-refractivity contribution is -0.144. The molecule has 3 nitrogen and oxygen atoms in total. The van der Waals surface area contributed by atoms with Gasteiger partial charge in [-0.15, -0.1) is 12.4 Å². The maximum atomic E-state index is 11.8. The molecule has 0 aromatic rings. The summed E-state index contributed by atoms with van der Waals surface area (Å²) >= 11 is 0. The highest BCUT2D eigenvalue weighted by Crippen LogP contribution is 2.65. The predicted octanol–water partition coefficient (Wildman–Crippen LogP) is 1.24. The Hall–Kier alpha value is -0.540. The summed E-state index contributed by atoms with van der Waals surface area (Å²) in [5, 5.41) is 3.38. The number of ether oxygens (including phenoxy) is 1. The van der Waals surface area contributed by atoms with Crippen molar-refractivity contribution in [3.63, 3.8) is 0 Å². The number of allylic oxidation sites excluding steroid dienone is 2. The Morgan fingerprint density at radius 3 is 2.71 bits per heavy atom. The van der Waals surface area contributed by atoms with Crippen LogP contribution in [0.15, 0.2) is 12.2 Å². The second-order valence-corrected chi connectivity index (χ2v) is 5.75. The molecule has 0 aromatic heterocycles. The number of hydrogen-bond donors (Lipinski definition) is 1. The third kappa shape index (κ3) is 1.36. The van der Waals surface area contributed by atoms with Crippen LogP contribution in [0.25, 0.3) is 0 Å². The summed E-state index contributed by atoms with van der Waals surface area (Å²) in [4.78, 5) is 11.8. The fourth-order valence-corrected chi connectivity index (χ4v) is 4.59. The average molecular weight is 256 g/mol. The number of halogens is 1. The van der Waals surface area contributed by atoms with E-state index in [-0.39, 0.29) is 24.4 Å². The molecule has 94 valence electrons. The van der Waals surface area contributed by atoms with Crippen LogP contribution < -0.4 is 5.32 Å². The van der Waals surface area contributed by atoms with Crippen LogP contribution >= 0.6 is 12.4 Å². The topological polar surface area (TPSA) is 38.3 Å². The predicted molar refractivity (Wildman–Crippen MR) is 65.8 cm³/mol. The molecule has 5 rings (SSSR count). The Morgan fingerprint density at radius 2 is 1.94 bits per heavy atom. The molecule has 0 aromatic carbocycles. The van der Waals surface area contributed by atoms with Crippen molar-refractivity contribution >= 4 is 18.4 Å². The van der Waals surface area contributed by atoms with Crippen molar-refractivity contribution in [2.24, 2.45) is 35.5 Å². The summed E-state index contributed by atoms with van der Waals surface area (Å²) in [6.07, 6.45) is 6.19. The fraction of sp³-hybridized carbons (Fsp3) is 0.769. The van der Waals surface area contributed by atoms with E-state index in [0.29, 0.717) is 17.8 Å². The van der Waals surface area contributed by atoms with E-state index >= 15 is 0 Å². The summed E-state index contributed by atoms with van der Waals surface area (Å²) in [6.45, 7) is 0.999. The lowest BCUT2D eigenvalue weighted by Gasteiger charge is -2.41. The number of carbonyl (C=O) groups is 1. The van der Waals surface area contributed by atoms with Crippen LogP contribution in [0.4, 0.5) is 0 Å². The Balaban J connectivity index is 0.000000902. The van der Waals surface area contributed by atoms with Gasteiger partial charge in [0, 0.05) is 0 Å². The van der Waals surface area contributed by atoms with Crippen LogP contribution in [-0.4, -0.2) is 25.7 Å². The van der Waals surface area contributed by atoms with E-state index in [1.165, 1.54) is 13.5 Å². The van der Waals surface area contributed by atoms with Gasteiger partial charge in [0.2, 0.25) is 0 Å². The maximum absolute atomic E-state index is 11.8. The minimum atomic E-state index is -0.0642. The van der Waals surface area contributed by atoms with Crippen LogP contribution in [-0.2, 0) is 9.53 Å². The first-order chi connectivity index (χ1) is 7.81. The monoisotopic (exact) mass is 255 g/mol. The van der Waals surface area contributed by atoms with Gasteiger partial charge in [-0.05, 0) is 48.5 Å². The van der Waals surface area contributed by atoms with Crippen molar-refractivity contribution in [2.45, 2.75) is 12.5 Å². The van der Waals surface area contributed by atoms with E-state index in [1.807, 2.05) is 0 Å². The van der Waals surface area contributed by atoms with Gasteiger partial charge in [0.1, 0.15) is 6.04 Å². The number of nitrogens with one attached hydrogen (secondary N) is 1. The number of carbonyl (C=O) groups excluding carboxylic acids is 1. The fourth-order valence-electron chi connectivity index (χ4n) is 4.59. The molecule has 1 heterocycles. The van der Waals surface area contributed by atoms with Gasteiger partial charge >= 0.3 is 5.97 Å². The van der Waals surface area contributed by atoms with Gasteiger partial charge in [-0.25, -0.2) is 0 Å². The van der Waals surface area contributed by atoms with Crippen molar-refractivity contribution in [3.8, 4) is 0 Å². The Labute approximate surface area is 107 Å². The normalized spacial score (nSPS) is 52.4. The molecule has 17 heavy (non-hydrogen) atoms. The molecule has 2 bridgehead atoms. The molecule has 7 atom stereocenters. The average Bonchev–Trinajstić information content (AvgIpc) is 3.02. The first kappa shape index (κ1) is 11.5. The molecular weight excluding hydrogens is 238 g/mol. The quantitative estimate of drug-likeness (QED) is 0.566. The van der Waals surface area contributed by atoms with Crippen LogP contribution in [0.1, 0.15) is 6.42 Å². The van der Waals surface area contributed by atoms with Gasteiger partial charge in [0.25, 0.3) is 0 Å². The molecule has 5 aliphatic rings. The summed E-state index contributed by atoms with van der Waals surface area (Å²) in [5.41, 5.74) is 0. The number of rotatable bonds is 1. The van der Waals surface area contributed by atoms with E-state index in [9.17, 15) is 4.79 Å². The SMILES string of the molecule is COC(=O)C1NC[C@@H]2[C@@H]3C=C[C@@H]([C@H]4C[C@@H]34)[C@H]12.Cl. The van der Waals surface area contributed by atoms with E-state index in [1.54, 1.807) is 0 Å².